The molecule has 0 aliphatic heterocycles. The topological polar surface area (TPSA) is 26.3 Å². The molecule has 2 rings (SSSR count). The Labute approximate surface area is 96.4 Å². The maximum atomic E-state index is 12.0. The lowest BCUT2D eigenvalue weighted by molar-refractivity contribution is -0.274. The van der Waals surface area contributed by atoms with Crippen LogP contribution in [0.3, 0.4) is 0 Å². The second-order valence-corrected chi connectivity index (χ2v) is 4.47. The summed E-state index contributed by atoms with van der Waals surface area (Å²) in [6.07, 6.45) is -3.16. The van der Waals surface area contributed by atoms with Crippen molar-refractivity contribution in [2.45, 2.75) is 26.1 Å². The largest absolute Gasteiger partial charge is 0.573 e. The molecule has 0 unspecified atom stereocenters. The summed E-state index contributed by atoms with van der Waals surface area (Å²) in [5.74, 6) is -0.474. The van der Waals surface area contributed by atoms with E-state index in [0.717, 1.165) is 18.9 Å². The molecule has 1 saturated carbocycles. The van der Waals surface area contributed by atoms with Gasteiger partial charge >= 0.3 is 6.36 Å². The molecule has 0 amide bonds. The molecule has 0 spiro atoms. The SMILES string of the molecule is CC1(C(=O)c2cccc(OC(F)(F)F)c2)CC1. The Bertz CT molecular complexity index is 447. The van der Waals surface area contributed by atoms with Crippen LogP contribution in [0.15, 0.2) is 24.3 Å². The monoisotopic (exact) mass is 244 g/mol. The third-order valence-corrected chi connectivity index (χ3v) is 2.88. The molecule has 0 heterocycles. The van der Waals surface area contributed by atoms with Gasteiger partial charge in [0, 0.05) is 11.0 Å². The Kier molecular flexibility index (Phi) is 2.64. The Morgan fingerprint density at radius 2 is 2.00 bits per heavy atom. The summed E-state index contributed by atoms with van der Waals surface area (Å²) in [4.78, 5) is 11.9. The van der Waals surface area contributed by atoms with E-state index in [1.165, 1.54) is 18.2 Å². The van der Waals surface area contributed by atoms with Gasteiger partial charge in [-0.25, -0.2) is 0 Å². The zero-order chi connectivity index (χ0) is 12.7. The number of alkyl halides is 3. The van der Waals surface area contributed by atoms with Crippen LogP contribution in [0.2, 0.25) is 0 Å². The van der Waals surface area contributed by atoms with Gasteiger partial charge in [0.15, 0.2) is 5.78 Å². The van der Waals surface area contributed by atoms with Gasteiger partial charge in [-0.05, 0) is 25.0 Å². The molecule has 1 aliphatic carbocycles. The van der Waals surface area contributed by atoms with Crippen LogP contribution in [0.25, 0.3) is 0 Å². The standard InChI is InChI=1S/C12H11F3O2/c1-11(5-6-11)10(16)8-3-2-4-9(7-8)17-12(13,14)15/h2-4,7H,5-6H2,1H3. The Morgan fingerprint density at radius 1 is 1.35 bits per heavy atom. The molecule has 17 heavy (non-hydrogen) atoms. The average molecular weight is 244 g/mol. The molecule has 0 saturated heterocycles. The van der Waals surface area contributed by atoms with E-state index in [1.807, 2.05) is 6.92 Å². The van der Waals surface area contributed by atoms with E-state index < -0.39 is 11.8 Å². The molecule has 92 valence electrons. The third-order valence-electron chi connectivity index (χ3n) is 2.88. The van der Waals surface area contributed by atoms with E-state index in [0.29, 0.717) is 0 Å². The molecule has 0 radical (unpaired) electrons. The van der Waals surface area contributed by atoms with Crippen LogP contribution in [0, 0.1) is 5.41 Å². The van der Waals surface area contributed by atoms with Crippen molar-refractivity contribution in [1.82, 2.24) is 0 Å². The van der Waals surface area contributed by atoms with Gasteiger partial charge in [-0.1, -0.05) is 19.1 Å². The molecule has 1 aromatic carbocycles. The van der Waals surface area contributed by atoms with E-state index >= 15 is 0 Å². The minimum Gasteiger partial charge on any atom is -0.406 e. The molecule has 1 aromatic rings. The van der Waals surface area contributed by atoms with Crippen molar-refractivity contribution in [3.8, 4) is 5.75 Å². The lowest BCUT2D eigenvalue weighted by Gasteiger charge is -2.11. The molecule has 0 atom stereocenters. The number of benzene rings is 1. The van der Waals surface area contributed by atoms with Gasteiger partial charge in [0.1, 0.15) is 5.75 Å². The van der Waals surface area contributed by atoms with E-state index in [2.05, 4.69) is 4.74 Å². The smallest absolute Gasteiger partial charge is 0.406 e. The van der Waals surface area contributed by atoms with Crippen molar-refractivity contribution in [1.29, 1.82) is 0 Å². The predicted molar refractivity (Wildman–Crippen MR) is 54.8 cm³/mol. The summed E-state index contributed by atoms with van der Waals surface area (Å²) in [7, 11) is 0. The number of rotatable bonds is 3. The summed E-state index contributed by atoms with van der Waals surface area (Å²) in [6, 6.07) is 5.22. The number of hydrogen-bond donors (Lipinski definition) is 0. The zero-order valence-corrected chi connectivity index (χ0v) is 9.17. The summed E-state index contributed by atoms with van der Waals surface area (Å²) in [5.41, 5.74) is -0.122. The van der Waals surface area contributed by atoms with Crippen LogP contribution >= 0.6 is 0 Å². The number of ketones is 1. The summed E-state index contributed by atoms with van der Waals surface area (Å²) < 4.78 is 39.8. The van der Waals surface area contributed by atoms with Crippen LogP contribution in [-0.2, 0) is 0 Å². The van der Waals surface area contributed by atoms with Gasteiger partial charge in [-0.2, -0.15) is 0 Å². The molecule has 5 heteroatoms. The predicted octanol–water partition coefficient (Wildman–Crippen LogP) is 3.57. The summed E-state index contributed by atoms with van der Waals surface area (Å²) in [6.45, 7) is 1.81. The molecular weight excluding hydrogens is 233 g/mol. The van der Waals surface area contributed by atoms with Gasteiger partial charge in [0.2, 0.25) is 0 Å². The van der Waals surface area contributed by atoms with Crippen molar-refractivity contribution < 1.29 is 22.7 Å². The minimum atomic E-state index is -4.73. The van der Waals surface area contributed by atoms with Gasteiger partial charge in [0.05, 0.1) is 0 Å². The molecule has 2 nitrogen and oxygen atoms in total. The fraction of sp³-hybridized carbons (Fsp3) is 0.417. The van der Waals surface area contributed by atoms with Crippen LogP contribution in [0.1, 0.15) is 30.1 Å². The van der Waals surface area contributed by atoms with Crippen LogP contribution in [0.4, 0.5) is 13.2 Å². The highest BCUT2D eigenvalue weighted by molar-refractivity contribution is 6.02. The fourth-order valence-corrected chi connectivity index (χ4v) is 1.60. The fourth-order valence-electron chi connectivity index (χ4n) is 1.60. The number of halogens is 3. The molecule has 1 aliphatic rings. The van der Waals surface area contributed by atoms with Crippen molar-refractivity contribution in [2.24, 2.45) is 5.41 Å². The van der Waals surface area contributed by atoms with E-state index in [9.17, 15) is 18.0 Å². The van der Waals surface area contributed by atoms with E-state index in [4.69, 9.17) is 0 Å². The molecule has 0 N–H and O–H groups in total. The Morgan fingerprint density at radius 3 is 2.53 bits per heavy atom. The lowest BCUT2D eigenvalue weighted by atomic mass is 9.97. The first kappa shape index (κ1) is 12.0. The van der Waals surface area contributed by atoms with Gasteiger partial charge < -0.3 is 4.74 Å². The maximum Gasteiger partial charge on any atom is 0.573 e. The number of carbonyl (C=O) groups is 1. The van der Waals surface area contributed by atoms with Crippen LogP contribution < -0.4 is 4.74 Å². The Hall–Kier alpha value is -1.52. The molecule has 0 bridgehead atoms. The maximum absolute atomic E-state index is 12.0. The first-order chi connectivity index (χ1) is 7.80. The summed E-state index contributed by atoms with van der Waals surface area (Å²) >= 11 is 0. The summed E-state index contributed by atoms with van der Waals surface area (Å²) in [5, 5.41) is 0. The van der Waals surface area contributed by atoms with Crippen molar-refractivity contribution in [3.05, 3.63) is 29.8 Å². The highest BCUT2D eigenvalue weighted by Crippen LogP contribution is 2.47. The number of hydrogen-bond acceptors (Lipinski definition) is 2. The second kappa shape index (κ2) is 3.75. The van der Waals surface area contributed by atoms with Gasteiger partial charge in [-0.3, -0.25) is 4.79 Å². The van der Waals surface area contributed by atoms with Gasteiger partial charge in [0.25, 0.3) is 0 Å². The van der Waals surface area contributed by atoms with Crippen LogP contribution in [0.5, 0.6) is 5.75 Å². The molecular formula is C12H11F3O2. The van der Waals surface area contributed by atoms with E-state index in [-0.39, 0.29) is 17.1 Å². The Balaban J connectivity index is 2.20. The first-order valence-electron chi connectivity index (χ1n) is 5.21. The third kappa shape index (κ3) is 2.78. The lowest BCUT2D eigenvalue weighted by Crippen LogP contribution is -2.18. The minimum absolute atomic E-state index is 0.120. The van der Waals surface area contributed by atoms with Crippen molar-refractivity contribution >= 4 is 5.78 Å². The average Bonchev–Trinajstić information content (AvgIpc) is 2.94. The quantitative estimate of drug-likeness (QED) is 0.760. The number of carbonyl (C=O) groups excluding carboxylic acids is 1. The number of ether oxygens (including phenoxy) is 1. The highest BCUT2D eigenvalue weighted by Gasteiger charge is 2.45. The second-order valence-electron chi connectivity index (χ2n) is 4.47. The zero-order valence-electron chi connectivity index (χ0n) is 9.17. The van der Waals surface area contributed by atoms with Crippen molar-refractivity contribution in [2.75, 3.05) is 0 Å². The molecule has 1 fully saturated rings. The van der Waals surface area contributed by atoms with E-state index in [1.54, 1.807) is 0 Å². The van der Waals surface area contributed by atoms with Crippen LogP contribution in [-0.4, -0.2) is 12.1 Å². The van der Waals surface area contributed by atoms with Crippen molar-refractivity contribution in [3.63, 3.8) is 0 Å². The normalized spacial score (nSPS) is 17.6. The first-order valence-corrected chi connectivity index (χ1v) is 5.21. The molecule has 0 aromatic heterocycles. The van der Waals surface area contributed by atoms with Gasteiger partial charge in [-0.15, -0.1) is 13.2 Å². The number of Topliss-reactive ketones (excluding diaryl/α,β-unsaturated/α-hetero) is 1. The highest BCUT2D eigenvalue weighted by atomic mass is 19.4.